The number of hydrogen-bond donors (Lipinski definition) is 0. The largest absolute Gasteiger partial charge is 0.457 e. The van der Waals surface area contributed by atoms with Crippen LogP contribution in [-0.2, 0) is 20.9 Å². The summed E-state index contributed by atoms with van der Waals surface area (Å²) in [6.45, 7) is 0.178. The number of carbonyl (C=O) groups excluding carboxylic acids is 3. The monoisotopic (exact) mass is 387 g/mol. The van der Waals surface area contributed by atoms with Crippen LogP contribution in [0.3, 0.4) is 0 Å². The number of halogens is 1. The van der Waals surface area contributed by atoms with Crippen molar-refractivity contribution in [3.05, 3.63) is 64.1 Å². The minimum Gasteiger partial charge on any atom is -0.457 e. The second kappa shape index (κ2) is 6.97. The van der Waals surface area contributed by atoms with E-state index in [-0.39, 0.29) is 31.3 Å². The van der Waals surface area contributed by atoms with E-state index in [9.17, 15) is 14.4 Å². The zero-order valence-electron chi connectivity index (χ0n) is 12.7. The van der Waals surface area contributed by atoms with Crippen molar-refractivity contribution in [1.82, 2.24) is 0 Å². The van der Waals surface area contributed by atoms with Gasteiger partial charge in [-0.2, -0.15) is 0 Å². The molecule has 0 atom stereocenters. The summed E-state index contributed by atoms with van der Waals surface area (Å²) >= 11 is 3.35. The Kier molecular flexibility index (Phi) is 4.76. The highest BCUT2D eigenvalue weighted by atomic mass is 79.9. The van der Waals surface area contributed by atoms with Gasteiger partial charge in [-0.05, 0) is 42.0 Å². The zero-order chi connectivity index (χ0) is 17.1. The van der Waals surface area contributed by atoms with Crippen molar-refractivity contribution in [2.24, 2.45) is 0 Å². The molecule has 2 amide bonds. The van der Waals surface area contributed by atoms with Crippen molar-refractivity contribution in [1.29, 1.82) is 0 Å². The molecule has 1 aliphatic heterocycles. The number of rotatable bonds is 4. The Morgan fingerprint density at radius 2 is 1.54 bits per heavy atom. The van der Waals surface area contributed by atoms with Crippen LogP contribution in [0, 0.1) is 0 Å². The minimum absolute atomic E-state index is 0.178. The highest BCUT2D eigenvalue weighted by Crippen LogP contribution is 2.23. The number of nitrogens with zero attached hydrogens (tertiary/aromatic N) is 1. The highest BCUT2D eigenvalue weighted by molar-refractivity contribution is 9.10. The number of ether oxygens (including phenoxy) is 1. The van der Waals surface area contributed by atoms with Crippen molar-refractivity contribution in [2.75, 3.05) is 4.90 Å². The van der Waals surface area contributed by atoms with E-state index in [1.807, 2.05) is 24.3 Å². The van der Waals surface area contributed by atoms with E-state index in [4.69, 9.17) is 4.74 Å². The second-order valence-electron chi connectivity index (χ2n) is 5.37. The predicted molar refractivity (Wildman–Crippen MR) is 91.4 cm³/mol. The van der Waals surface area contributed by atoms with Crippen LogP contribution in [0.2, 0.25) is 0 Å². The third-order valence-corrected chi connectivity index (χ3v) is 4.22. The molecule has 6 heteroatoms. The molecule has 122 valence electrons. The Morgan fingerprint density at radius 3 is 2.12 bits per heavy atom. The van der Waals surface area contributed by atoms with E-state index in [0.717, 1.165) is 14.9 Å². The number of esters is 1. The Labute approximate surface area is 147 Å². The molecule has 1 aliphatic rings. The predicted octanol–water partition coefficient (Wildman–Crippen LogP) is 3.46. The molecule has 3 rings (SSSR count). The Balaban J connectivity index is 1.64. The van der Waals surface area contributed by atoms with Gasteiger partial charge in [0.05, 0.1) is 11.3 Å². The first-order valence-electron chi connectivity index (χ1n) is 7.42. The van der Waals surface area contributed by atoms with E-state index in [0.29, 0.717) is 11.3 Å². The lowest BCUT2D eigenvalue weighted by atomic mass is 10.2. The lowest BCUT2D eigenvalue weighted by Gasteiger charge is -2.14. The number of imide groups is 1. The molecule has 1 fully saturated rings. The topological polar surface area (TPSA) is 63.7 Å². The summed E-state index contributed by atoms with van der Waals surface area (Å²) < 4.78 is 6.22. The second-order valence-corrected chi connectivity index (χ2v) is 6.29. The van der Waals surface area contributed by atoms with Gasteiger partial charge in [0.1, 0.15) is 6.61 Å². The summed E-state index contributed by atoms with van der Waals surface area (Å²) in [6, 6.07) is 13.8. The van der Waals surface area contributed by atoms with E-state index < -0.39 is 5.97 Å². The molecule has 2 aromatic carbocycles. The summed E-state index contributed by atoms with van der Waals surface area (Å²) in [7, 11) is 0. The average molecular weight is 388 g/mol. The quantitative estimate of drug-likeness (QED) is 0.595. The number of amides is 2. The van der Waals surface area contributed by atoms with Crippen LogP contribution in [0.25, 0.3) is 0 Å². The highest BCUT2D eigenvalue weighted by Gasteiger charge is 2.30. The van der Waals surface area contributed by atoms with Crippen LogP contribution >= 0.6 is 15.9 Å². The molecule has 0 radical (unpaired) electrons. The van der Waals surface area contributed by atoms with E-state index in [1.54, 1.807) is 24.3 Å². The lowest BCUT2D eigenvalue weighted by Crippen LogP contribution is -2.28. The van der Waals surface area contributed by atoms with Gasteiger partial charge in [0.25, 0.3) is 0 Å². The molecule has 0 aromatic heterocycles. The van der Waals surface area contributed by atoms with Gasteiger partial charge in [-0.3, -0.25) is 14.5 Å². The van der Waals surface area contributed by atoms with Crippen LogP contribution in [0.15, 0.2) is 53.0 Å². The van der Waals surface area contributed by atoms with Crippen molar-refractivity contribution in [2.45, 2.75) is 19.4 Å². The van der Waals surface area contributed by atoms with Crippen LogP contribution in [0.5, 0.6) is 0 Å². The van der Waals surface area contributed by atoms with E-state index in [2.05, 4.69) is 15.9 Å². The number of hydrogen-bond acceptors (Lipinski definition) is 4. The summed E-state index contributed by atoms with van der Waals surface area (Å²) in [5.41, 5.74) is 1.73. The van der Waals surface area contributed by atoms with Crippen LogP contribution in [0.1, 0.15) is 28.8 Å². The zero-order valence-corrected chi connectivity index (χ0v) is 14.3. The standard InChI is InChI=1S/C18H14BrNO4/c19-14-5-1-12(2-6-14)11-24-18(23)13-3-7-15(8-4-13)20-16(21)9-10-17(20)22/h1-8H,9-11H2. The van der Waals surface area contributed by atoms with Gasteiger partial charge in [-0.1, -0.05) is 28.1 Å². The maximum absolute atomic E-state index is 12.1. The van der Waals surface area contributed by atoms with Gasteiger partial charge in [0.2, 0.25) is 11.8 Å². The van der Waals surface area contributed by atoms with Crippen molar-refractivity contribution in [3.63, 3.8) is 0 Å². The lowest BCUT2D eigenvalue weighted by molar-refractivity contribution is -0.121. The summed E-state index contributed by atoms with van der Waals surface area (Å²) in [5.74, 6) is -0.889. The molecule has 24 heavy (non-hydrogen) atoms. The van der Waals surface area contributed by atoms with Gasteiger partial charge in [0.15, 0.2) is 0 Å². The molecule has 1 saturated heterocycles. The average Bonchev–Trinajstić information content (AvgIpc) is 2.93. The molecular weight excluding hydrogens is 374 g/mol. The minimum atomic E-state index is -0.455. The fourth-order valence-electron chi connectivity index (χ4n) is 2.42. The molecule has 0 saturated carbocycles. The fraction of sp³-hybridized carbons (Fsp3) is 0.167. The Morgan fingerprint density at radius 1 is 0.958 bits per heavy atom. The van der Waals surface area contributed by atoms with Gasteiger partial charge in [-0.25, -0.2) is 4.79 Å². The van der Waals surface area contributed by atoms with Gasteiger partial charge in [-0.15, -0.1) is 0 Å². The molecule has 0 N–H and O–H groups in total. The number of benzene rings is 2. The molecular formula is C18H14BrNO4. The maximum atomic E-state index is 12.1. The molecule has 0 bridgehead atoms. The van der Waals surface area contributed by atoms with Crippen LogP contribution in [-0.4, -0.2) is 17.8 Å². The summed E-state index contributed by atoms with van der Waals surface area (Å²) in [4.78, 5) is 36.6. The maximum Gasteiger partial charge on any atom is 0.338 e. The third-order valence-electron chi connectivity index (χ3n) is 3.70. The third kappa shape index (κ3) is 3.54. The number of carbonyl (C=O) groups is 3. The van der Waals surface area contributed by atoms with E-state index in [1.165, 1.54) is 0 Å². The Hall–Kier alpha value is -2.47. The molecule has 0 unspecified atom stereocenters. The van der Waals surface area contributed by atoms with Gasteiger partial charge >= 0.3 is 5.97 Å². The SMILES string of the molecule is O=C(OCc1ccc(Br)cc1)c1ccc(N2C(=O)CCC2=O)cc1. The molecule has 0 aliphatic carbocycles. The van der Waals surface area contributed by atoms with Crippen molar-refractivity contribution in [3.8, 4) is 0 Å². The summed E-state index contributed by atoms with van der Waals surface area (Å²) in [6.07, 6.45) is 0.464. The molecule has 0 spiro atoms. The smallest absolute Gasteiger partial charge is 0.338 e. The van der Waals surface area contributed by atoms with Gasteiger partial charge < -0.3 is 4.74 Å². The van der Waals surface area contributed by atoms with Crippen molar-refractivity contribution >= 4 is 39.4 Å². The molecule has 5 nitrogen and oxygen atoms in total. The van der Waals surface area contributed by atoms with Crippen LogP contribution in [0.4, 0.5) is 5.69 Å². The summed E-state index contributed by atoms with van der Waals surface area (Å²) in [5, 5.41) is 0. The number of anilines is 1. The molecule has 1 heterocycles. The van der Waals surface area contributed by atoms with Gasteiger partial charge in [0, 0.05) is 17.3 Å². The first kappa shape index (κ1) is 16.4. The van der Waals surface area contributed by atoms with Crippen molar-refractivity contribution < 1.29 is 19.1 Å². The normalized spacial score (nSPS) is 14.1. The fourth-order valence-corrected chi connectivity index (χ4v) is 2.69. The van der Waals surface area contributed by atoms with Crippen LogP contribution < -0.4 is 4.90 Å². The Bertz CT molecular complexity index is 768. The molecule has 2 aromatic rings. The first-order chi connectivity index (χ1) is 11.5. The first-order valence-corrected chi connectivity index (χ1v) is 8.21. The van der Waals surface area contributed by atoms with E-state index >= 15 is 0 Å².